The zero-order valence-corrected chi connectivity index (χ0v) is 27.7. The Balaban J connectivity index is 1.01. The lowest BCUT2D eigenvalue weighted by Crippen LogP contribution is -2.23. The highest BCUT2D eigenvalue weighted by Gasteiger charge is 2.27. The Morgan fingerprint density at radius 3 is 1.71 bits per heavy atom. The smallest absolute Gasteiger partial charge is 0.411 e. The van der Waals surface area contributed by atoms with E-state index in [0.29, 0.717) is 5.69 Å². The predicted molar refractivity (Wildman–Crippen MR) is 192 cm³/mol. The summed E-state index contributed by atoms with van der Waals surface area (Å²) in [4.78, 5) is 51.2. The Bertz CT molecular complexity index is 2060. The number of para-hydroxylation sites is 2. The van der Waals surface area contributed by atoms with Crippen LogP contribution in [0.4, 0.5) is 10.5 Å². The van der Waals surface area contributed by atoms with E-state index < -0.39 is 30.0 Å². The lowest BCUT2D eigenvalue weighted by molar-refractivity contribution is -0.150. The Morgan fingerprint density at radius 2 is 1.10 bits per heavy atom. The van der Waals surface area contributed by atoms with Crippen molar-refractivity contribution in [3.63, 3.8) is 0 Å². The topological polar surface area (TPSA) is 122 Å². The lowest BCUT2D eigenvalue weighted by Gasteiger charge is -2.20. The Hall–Kier alpha value is -6.42. The van der Waals surface area contributed by atoms with Gasteiger partial charge >= 0.3 is 24.0 Å². The highest BCUT2D eigenvalue weighted by atomic mass is 16.6. The Kier molecular flexibility index (Phi) is 11.3. The number of hydrogen-bond acceptors (Lipinski definition) is 8. The molecule has 0 aliphatic heterocycles. The number of amides is 1. The van der Waals surface area contributed by atoms with Crippen LogP contribution >= 0.6 is 0 Å². The van der Waals surface area contributed by atoms with Gasteiger partial charge in [0.1, 0.15) is 32.5 Å². The van der Waals surface area contributed by atoms with Crippen LogP contribution in [-0.4, -0.2) is 41.8 Å². The van der Waals surface area contributed by atoms with Gasteiger partial charge in [0.05, 0.1) is 5.56 Å². The molecule has 10 heteroatoms. The van der Waals surface area contributed by atoms with Crippen molar-refractivity contribution in [2.24, 2.45) is 0 Å². The van der Waals surface area contributed by atoms with Crippen LogP contribution in [0.25, 0.3) is 21.8 Å². The van der Waals surface area contributed by atoms with Crippen LogP contribution < -0.4 is 5.32 Å². The van der Waals surface area contributed by atoms with Crippen molar-refractivity contribution in [3.05, 3.63) is 150 Å². The van der Waals surface area contributed by atoms with Crippen LogP contribution in [0.5, 0.6) is 0 Å². The summed E-state index contributed by atoms with van der Waals surface area (Å²) in [7, 11) is 0. The number of anilines is 1. The first-order valence-electron chi connectivity index (χ1n) is 16.5. The average Bonchev–Trinajstić information content (AvgIpc) is 3.50. The highest BCUT2D eigenvalue weighted by Crippen LogP contribution is 2.34. The van der Waals surface area contributed by atoms with Crippen molar-refractivity contribution in [3.8, 4) is 0 Å². The van der Waals surface area contributed by atoms with E-state index >= 15 is 0 Å². The van der Waals surface area contributed by atoms with Gasteiger partial charge in [0.25, 0.3) is 0 Å². The zero-order chi connectivity index (χ0) is 35.4. The molecule has 5 aromatic carbocycles. The van der Waals surface area contributed by atoms with Gasteiger partial charge in [-0.2, -0.15) is 0 Å². The maximum Gasteiger partial charge on any atom is 0.411 e. The highest BCUT2D eigenvalue weighted by molar-refractivity contribution is 6.08. The Morgan fingerprint density at radius 1 is 0.569 bits per heavy atom. The van der Waals surface area contributed by atoms with Gasteiger partial charge in [-0.05, 0) is 53.9 Å². The van der Waals surface area contributed by atoms with Crippen LogP contribution in [-0.2, 0) is 41.8 Å². The van der Waals surface area contributed by atoms with Gasteiger partial charge in [-0.1, -0.05) is 97.1 Å². The van der Waals surface area contributed by atoms with Crippen molar-refractivity contribution < 1.29 is 38.1 Å². The van der Waals surface area contributed by atoms with E-state index in [1.165, 1.54) is 12.1 Å². The third-order valence-corrected chi connectivity index (χ3v) is 8.21. The summed E-state index contributed by atoms with van der Waals surface area (Å²) in [6.07, 6.45) is -0.557. The van der Waals surface area contributed by atoms with E-state index in [1.54, 1.807) is 12.1 Å². The van der Waals surface area contributed by atoms with Gasteiger partial charge in [-0.25, -0.2) is 14.4 Å². The molecule has 0 radical (unpaired) electrons. The molecule has 258 valence electrons. The van der Waals surface area contributed by atoms with Crippen molar-refractivity contribution in [2.75, 3.05) is 18.5 Å². The maximum absolute atomic E-state index is 13.7. The average molecular weight is 685 g/mol. The molecule has 1 N–H and O–H groups in total. The van der Waals surface area contributed by atoms with Crippen molar-refractivity contribution in [1.82, 2.24) is 4.57 Å². The van der Waals surface area contributed by atoms with Crippen LogP contribution in [0, 0.1) is 0 Å². The third-order valence-electron chi connectivity index (χ3n) is 8.21. The fraction of sp³-hybridized carbons (Fsp3) is 0.171. The van der Waals surface area contributed by atoms with E-state index in [0.717, 1.165) is 32.9 Å². The molecule has 1 unspecified atom stereocenters. The minimum Gasteiger partial charge on any atom is -0.462 e. The molecule has 10 nitrogen and oxygen atoms in total. The maximum atomic E-state index is 13.7. The molecule has 0 aliphatic carbocycles. The number of benzene rings is 5. The van der Waals surface area contributed by atoms with Crippen molar-refractivity contribution >= 4 is 51.5 Å². The summed E-state index contributed by atoms with van der Waals surface area (Å²) in [6, 6.07) is 39.7. The predicted octanol–water partition coefficient (Wildman–Crippen LogP) is 8.01. The standard InChI is InChI=1S/C41H36N2O8/c44-38(48-25-26-49-39(45)31-19-21-32(22-20-31)42-41(47)51-28-30-13-5-2-6-14-30)24-23-37(40(46)50-27-29-11-3-1-4-12-29)43-35-17-9-7-15-33(35)34-16-8-10-18-36(34)43/h1-22,37H,23-28H2,(H,42,47). The first-order valence-corrected chi connectivity index (χ1v) is 16.5. The minimum atomic E-state index is -0.799. The van der Waals surface area contributed by atoms with Gasteiger partial charge in [-0.3, -0.25) is 10.1 Å². The minimum absolute atomic E-state index is 0.0673. The molecule has 0 saturated carbocycles. The van der Waals surface area contributed by atoms with Crippen LogP contribution in [0.15, 0.2) is 133 Å². The Labute approximate surface area is 294 Å². The second-order valence-corrected chi connectivity index (χ2v) is 11.7. The largest absolute Gasteiger partial charge is 0.462 e. The summed E-state index contributed by atoms with van der Waals surface area (Å²) >= 11 is 0. The zero-order valence-electron chi connectivity index (χ0n) is 27.7. The summed E-state index contributed by atoms with van der Waals surface area (Å²) < 4.78 is 23.5. The molecule has 1 heterocycles. The molecule has 6 aromatic rings. The molecule has 1 atom stereocenters. The molecular weight excluding hydrogens is 648 g/mol. The summed E-state index contributed by atoms with van der Waals surface area (Å²) in [6.45, 7) is -0.0868. The van der Waals surface area contributed by atoms with E-state index in [9.17, 15) is 19.2 Å². The van der Waals surface area contributed by atoms with E-state index in [1.807, 2.05) is 114 Å². The van der Waals surface area contributed by atoms with Crippen LogP contribution in [0.2, 0.25) is 0 Å². The van der Waals surface area contributed by atoms with Crippen LogP contribution in [0.1, 0.15) is 40.4 Å². The number of nitrogens with zero attached hydrogens (tertiary/aromatic N) is 1. The normalized spacial score (nSPS) is 11.5. The molecule has 0 aliphatic rings. The number of aromatic nitrogens is 1. The van der Waals surface area contributed by atoms with Crippen molar-refractivity contribution in [2.45, 2.75) is 32.1 Å². The van der Waals surface area contributed by atoms with Gasteiger partial charge in [0.15, 0.2) is 0 Å². The van der Waals surface area contributed by atoms with E-state index in [4.69, 9.17) is 18.9 Å². The summed E-state index contributed by atoms with van der Waals surface area (Å²) in [5.74, 6) is -1.61. The summed E-state index contributed by atoms with van der Waals surface area (Å²) in [5.41, 5.74) is 4.13. The fourth-order valence-corrected chi connectivity index (χ4v) is 5.73. The molecule has 0 bridgehead atoms. The molecule has 51 heavy (non-hydrogen) atoms. The molecule has 1 aromatic heterocycles. The number of ether oxygens (including phenoxy) is 4. The van der Waals surface area contributed by atoms with Crippen molar-refractivity contribution in [1.29, 1.82) is 0 Å². The van der Waals surface area contributed by atoms with Crippen LogP contribution in [0.3, 0.4) is 0 Å². The quantitative estimate of drug-likeness (QED) is 0.0696. The second-order valence-electron chi connectivity index (χ2n) is 11.7. The number of carbonyl (C=O) groups excluding carboxylic acids is 4. The summed E-state index contributed by atoms with van der Waals surface area (Å²) in [5, 5.41) is 4.59. The molecule has 0 saturated heterocycles. The first-order chi connectivity index (χ1) is 25.0. The number of carbonyl (C=O) groups is 4. The number of fused-ring (bicyclic) bond motifs is 3. The second kappa shape index (κ2) is 16.8. The molecule has 0 spiro atoms. The van der Waals surface area contributed by atoms with Gasteiger partial charge < -0.3 is 23.5 Å². The fourth-order valence-electron chi connectivity index (χ4n) is 5.73. The molecule has 1 amide bonds. The molecule has 6 rings (SSSR count). The third kappa shape index (κ3) is 8.98. The number of esters is 3. The number of nitrogens with one attached hydrogen (secondary N) is 1. The lowest BCUT2D eigenvalue weighted by atomic mass is 10.1. The SMILES string of the molecule is O=C(CCC(C(=O)OCc1ccccc1)n1c2ccccc2c2ccccc21)OCCOC(=O)c1ccc(NC(=O)OCc2ccccc2)cc1. The van der Waals surface area contributed by atoms with E-state index in [-0.39, 0.29) is 44.8 Å². The van der Waals surface area contributed by atoms with E-state index in [2.05, 4.69) is 5.32 Å². The molecule has 0 fully saturated rings. The number of hydrogen-bond donors (Lipinski definition) is 1. The van der Waals surface area contributed by atoms with Gasteiger partial charge in [-0.15, -0.1) is 0 Å². The van der Waals surface area contributed by atoms with Gasteiger partial charge in [0, 0.05) is 33.9 Å². The van der Waals surface area contributed by atoms with Gasteiger partial charge in [0.2, 0.25) is 0 Å². The first kappa shape index (κ1) is 34.4. The molecular formula is C41H36N2O8. The monoisotopic (exact) mass is 684 g/mol. The number of rotatable bonds is 14.